The van der Waals surface area contributed by atoms with Crippen molar-refractivity contribution in [3.63, 3.8) is 0 Å². The molecule has 14 heteroatoms. The average Bonchev–Trinajstić information content (AvgIpc) is 3.38. The number of nitrogens with one attached hydrogen (secondary N) is 3. The minimum absolute atomic E-state index is 0.0182. The minimum atomic E-state index is -0.807. The van der Waals surface area contributed by atoms with Gasteiger partial charge < -0.3 is 45.5 Å². The molecule has 0 saturated carbocycles. The van der Waals surface area contributed by atoms with Crippen LogP contribution in [0.25, 0.3) is 0 Å². The van der Waals surface area contributed by atoms with Gasteiger partial charge in [0.1, 0.15) is 19.3 Å². The first kappa shape index (κ1) is 32.2. The van der Waals surface area contributed by atoms with Gasteiger partial charge in [-0.2, -0.15) is 5.26 Å². The highest BCUT2D eigenvalue weighted by Gasteiger charge is 2.31. The molecule has 1 fully saturated rings. The molecule has 0 aliphatic carbocycles. The maximum Gasteiger partial charge on any atom is 0.246 e. The first-order chi connectivity index (χ1) is 17.9. The third-order valence-electron chi connectivity index (χ3n) is 5.31. The van der Waals surface area contributed by atoms with Gasteiger partial charge in [-0.3, -0.25) is 19.2 Å². The molecule has 37 heavy (non-hydrogen) atoms. The van der Waals surface area contributed by atoms with E-state index in [2.05, 4.69) is 22.0 Å². The Hall–Kier alpha value is -2.83. The Kier molecular flexibility index (Phi) is 17.6. The zero-order chi connectivity index (χ0) is 27.3. The Morgan fingerprint density at radius 3 is 2.08 bits per heavy atom. The lowest BCUT2D eigenvalue weighted by Gasteiger charge is -2.23. The van der Waals surface area contributed by atoms with Crippen LogP contribution in [0.15, 0.2) is 0 Å². The van der Waals surface area contributed by atoms with E-state index in [1.807, 2.05) is 0 Å². The molecule has 5 N–H and O–H groups in total. The highest BCUT2D eigenvalue weighted by Crippen LogP contribution is 2.17. The van der Waals surface area contributed by atoms with Crippen molar-refractivity contribution in [2.75, 3.05) is 79.5 Å². The summed E-state index contributed by atoms with van der Waals surface area (Å²) in [5.41, 5.74) is 5.91. The molecule has 1 aliphatic rings. The van der Waals surface area contributed by atoms with E-state index < -0.39 is 12.1 Å². The molecule has 0 aromatic heterocycles. The van der Waals surface area contributed by atoms with Gasteiger partial charge in [-0.15, -0.1) is 0 Å². The van der Waals surface area contributed by atoms with Crippen molar-refractivity contribution >= 4 is 23.6 Å². The summed E-state index contributed by atoms with van der Waals surface area (Å²) < 4.78 is 20.9. The zero-order valence-corrected chi connectivity index (χ0v) is 21.5. The number of amides is 4. The maximum atomic E-state index is 12.3. The van der Waals surface area contributed by atoms with E-state index in [4.69, 9.17) is 29.9 Å². The predicted molar refractivity (Wildman–Crippen MR) is 131 cm³/mol. The molecular weight excluding hydrogens is 488 g/mol. The van der Waals surface area contributed by atoms with Gasteiger partial charge in [-0.05, 0) is 19.3 Å². The first-order valence-electron chi connectivity index (χ1n) is 12.4. The molecule has 1 saturated heterocycles. The van der Waals surface area contributed by atoms with Crippen molar-refractivity contribution in [3.05, 3.63) is 0 Å². The Morgan fingerprint density at radius 1 is 0.919 bits per heavy atom. The Bertz CT molecular complexity index is 747. The molecule has 0 radical (unpaired) electrons. The largest absolute Gasteiger partial charge is 0.377 e. The summed E-state index contributed by atoms with van der Waals surface area (Å²) in [6.07, 6.45) is 1.75. The van der Waals surface area contributed by atoms with Crippen LogP contribution in [0.1, 0.15) is 25.7 Å². The van der Waals surface area contributed by atoms with E-state index in [0.29, 0.717) is 39.3 Å². The summed E-state index contributed by atoms with van der Waals surface area (Å²) in [6.45, 7) is 2.68. The van der Waals surface area contributed by atoms with Crippen molar-refractivity contribution in [1.82, 2.24) is 20.9 Å². The van der Waals surface area contributed by atoms with Gasteiger partial charge in [-0.25, -0.2) is 0 Å². The van der Waals surface area contributed by atoms with E-state index >= 15 is 0 Å². The lowest BCUT2D eigenvalue weighted by molar-refractivity contribution is -0.133. The number of likely N-dealkylation sites (N-methyl/N-ethyl adjacent to an activating group) is 1. The van der Waals surface area contributed by atoms with Crippen molar-refractivity contribution in [1.29, 1.82) is 5.26 Å². The molecular formula is C23H40N6O8. The molecule has 1 rings (SSSR count). The van der Waals surface area contributed by atoms with Crippen LogP contribution in [-0.4, -0.2) is 120 Å². The van der Waals surface area contributed by atoms with Crippen LogP contribution < -0.4 is 21.7 Å². The summed E-state index contributed by atoms with van der Waals surface area (Å²) >= 11 is 0. The SMILES string of the molecule is CNC(=O)COCCOCCNC(=O)COCCOCCNC(=O)CC[C@H](N)C(=O)N1CCC[C@H]1C#N. The number of rotatable bonds is 20. The Balaban J connectivity index is 1.91. The number of nitrogens with zero attached hydrogens (tertiary/aromatic N) is 2. The van der Waals surface area contributed by atoms with Crippen molar-refractivity contribution in [2.24, 2.45) is 5.73 Å². The molecule has 1 aliphatic heterocycles. The fourth-order valence-corrected chi connectivity index (χ4v) is 3.29. The Morgan fingerprint density at radius 2 is 1.49 bits per heavy atom. The first-order valence-corrected chi connectivity index (χ1v) is 12.4. The highest BCUT2D eigenvalue weighted by atomic mass is 16.5. The smallest absolute Gasteiger partial charge is 0.246 e. The summed E-state index contributed by atoms with van der Waals surface area (Å²) in [6, 6.07) is 0.869. The quantitative estimate of drug-likeness (QED) is 0.124. The summed E-state index contributed by atoms with van der Waals surface area (Å²) in [7, 11) is 1.53. The fraction of sp³-hybridized carbons (Fsp3) is 0.783. The van der Waals surface area contributed by atoms with Gasteiger partial charge in [0.15, 0.2) is 0 Å². The van der Waals surface area contributed by atoms with E-state index in [1.54, 1.807) is 0 Å². The van der Waals surface area contributed by atoms with Crippen LogP contribution in [-0.2, 0) is 38.1 Å². The van der Waals surface area contributed by atoms with Crippen molar-refractivity contribution < 1.29 is 38.1 Å². The summed E-state index contributed by atoms with van der Waals surface area (Å²) in [5.74, 6) is -1.01. The third-order valence-corrected chi connectivity index (χ3v) is 5.31. The number of ether oxygens (including phenoxy) is 4. The molecule has 14 nitrogen and oxygen atoms in total. The van der Waals surface area contributed by atoms with Gasteiger partial charge in [0, 0.05) is 33.1 Å². The lowest BCUT2D eigenvalue weighted by Crippen LogP contribution is -2.46. The summed E-state index contributed by atoms with van der Waals surface area (Å²) in [4.78, 5) is 48.4. The van der Waals surface area contributed by atoms with Crippen molar-refractivity contribution in [3.8, 4) is 6.07 Å². The standard InChI is InChI=1S/C23H40N6O8/c1-26-21(31)16-36-13-11-35-10-7-28-22(32)17-37-14-12-34-9-6-27-20(30)5-4-19(25)23(33)29-8-2-3-18(29)15-24/h18-19H,2-14,16-17,25H2,1H3,(H,26,31)(H,27,30)(H,28,32)/t18-,19-/m0/s1. The van der Waals surface area contributed by atoms with E-state index in [-0.39, 0.29) is 76.1 Å². The van der Waals surface area contributed by atoms with E-state index in [0.717, 1.165) is 6.42 Å². The van der Waals surface area contributed by atoms with Gasteiger partial charge in [0.05, 0.1) is 51.8 Å². The van der Waals surface area contributed by atoms with E-state index in [9.17, 15) is 19.2 Å². The van der Waals surface area contributed by atoms with Gasteiger partial charge in [0.25, 0.3) is 0 Å². The molecule has 0 spiro atoms. The lowest BCUT2D eigenvalue weighted by atomic mass is 10.1. The van der Waals surface area contributed by atoms with Crippen LogP contribution in [0.2, 0.25) is 0 Å². The molecule has 4 amide bonds. The number of nitrogens with two attached hydrogens (primary N) is 1. The number of likely N-dealkylation sites (tertiary alicyclic amines) is 1. The number of nitriles is 1. The summed E-state index contributed by atoms with van der Waals surface area (Å²) in [5, 5.41) is 16.9. The molecule has 0 bridgehead atoms. The molecule has 0 aromatic rings. The molecule has 2 atom stereocenters. The Labute approximate surface area is 217 Å². The van der Waals surface area contributed by atoms with Gasteiger partial charge in [0.2, 0.25) is 23.6 Å². The van der Waals surface area contributed by atoms with Crippen LogP contribution in [0.5, 0.6) is 0 Å². The number of hydrogen-bond donors (Lipinski definition) is 4. The normalized spacial score (nSPS) is 15.6. The predicted octanol–water partition coefficient (Wildman–Crippen LogP) is -2.35. The highest BCUT2D eigenvalue weighted by molar-refractivity contribution is 5.83. The van der Waals surface area contributed by atoms with Crippen LogP contribution in [0.4, 0.5) is 0 Å². The molecule has 1 heterocycles. The van der Waals surface area contributed by atoms with Gasteiger partial charge in [-0.1, -0.05) is 0 Å². The molecule has 210 valence electrons. The topological polar surface area (TPSA) is 194 Å². The second-order valence-corrected chi connectivity index (χ2v) is 8.17. The second kappa shape index (κ2) is 20.3. The van der Waals surface area contributed by atoms with Gasteiger partial charge >= 0.3 is 0 Å². The number of carbonyl (C=O) groups excluding carboxylic acids is 4. The zero-order valence-electron chi connectivity index (χ0n) is 21.5. The molecule has 0 unspecified atom stereocenters. The van der Waals surface area contributed by atoms with Crippen LogP contribution in [0, 0.1) is 11.3 Å². The number of carbonyl (C=O) groups is 4. The van der Waals surface area contributed by atoms with E-state index in [1.165, 1.54) is 11.9 Å². The maximum absolute atomic E-state index is 12.3. The second-order valence-electron chi connectivity index (χ2n) is 8.17. The third kappa shape index (κ3) is 15.1. The average molecular weight is 529 g/mol. The fourth-order valence-electron chi connectivity index (χ4n) is 3.29. The monoisotopic (exact) mass is 528 g/mol. The number of hydrogen-bond acceptors (Lipinski definition) is 10. The van der Waals surface area contributed by atoms with Crippen LogP contribution >= 0.6 is 0 Å². The van der Waals surface area contributed by atoms with Crippen molar-refractivity contribution in [2.45, 2.75) is 37.8 Å². The molecule has 0 aromatic carbocycles. The minimum Gasteiger partial charge on any atom is -0.377 e. The van der Waals surface area contributed by atoms with Crippen LogP contribution in [0.3, 0.4) is 0 Å².